The number of carbonyl (C=O) groups is 1. The lowest BCUT2D eigenvalue weighted by molar-refractivity contribution is -0.113. The van der Waals surface area contributed by atoms with E-state index >= 15 is 0 Å². The molecule has 33 heavy (non-hydrogen) atoms. The molecule has 1 heterocycles. The van der Waals surface area contributed by atoms with Crippen LogP contribution in [0.2, 0.25) is 0 Å². The number of nitrogens with zero attached hydrogens (tertiary/aromatic N) is 3. The largest absolute Gasteiger partial charge is 0.378 e. The summed E-state index contributed by atoms with van der Waals surface area (Å²) in [6, 6.07) is 23.9. The molecule has 0 bridgehead atoms. The molecule has 0 aliphatic carbocycles. The van der Waals surface area contributed by atoms with Crippen molar-refractivity contribution in [2.75, 3.05) is 16.4 Å². The van der Waals surface area contributed by atoms with Crippen molar-refractivity contribution in [3.05, 3.63) is 102 Å². The normalized spacial score (nSPS) is 10.7. The molecule has 0 spiro atoms. The Morgan fingerprint density at radius 1 is 0.939 bits per heavy atom. The number of anilines is 2. The highest BCUT2D eigenvalue weighted by Gasteiger charge is 2.15. The van der Waals surface area contributed by atoms with Crippen LogP contribution in [-0.4, -0.2) is 26.4 Å². The summed E-state index contributed by atoms with van der Waals surface area (Å²) in [5, 5.41) is 15.5. The molecule has 0 aliphatic heterocycles. The Kier molecular flexibility index (Phi) is 7.36. The molecule has 8 heteroatoms. The molecule has 0 atom stereocenters. The van der Waals surface area contributed by atoms with Gasteiger partial charge in [-0.25, -0.2) is 4.39 Å². The molecular weight excluding hydrogens is 437 g/mol. The van der Waals surface area contributed by atoms with Crippen LogP contribution in [0.15, 0.2) is 84.0 Å². The Bertz CT molecular complexity index is 1190. The van der Waals surface area contributed by atoms with Crippen molar-refractivity contribution in [2.24, 2.45) is 0 Å². The number of nitrogens with one attached hydrogen (secondary N) is 2. The topological polar surface area (TPSA) is 71.8 Å². The molecule has 0 fully saturated rings. The number of aromatic nitrogens is 3. The maximum atomic E-state index is 13.2. The van der Waals surface area contributed by atoms with Crippen LogP contribution in [0, 0.1) is 12.7 Å². The van der Waals surface area contributed by atoms with E-state index < -0.39 is 0 Å². The van der Waals surface area contributed by atoms with Crippen molar-refractivity contribution in [3.63, 3.8) is 0 Å². The van der Waals surface area contributed by atoms with Gasteiger partial charge in [0.05, 0.1) is 18.8 Å². The fraction of sp³-hybridized carbons (Fsp3) is 0.160. The smallest absolute Gasteiger partial charge is 0.234 e. The van der Waals surface area contributed by atoms with Gasteiger partial charge in [0.25, 0.3) is 0 Å². The number of halogens is 1. The van der Waals surface area contributed by atoms with Gasteiger partial charge in [-0.3, -0.25) is 4.79 Å². The van der Waals surface area contributed by atoms with E-state index in [1.807, 2.05) is 66.1 Å². The Morgan fingerprint density at radius 2 is 1.64 bits per heavy atom. The van der Waals surface area contributed by atoms with Gasteiger partial charge in [-0.15, -0.1) is 10.2 Å². The van der Waals surface area contributed by atoms with Gasteiger partial charge in [0.1, 0.15) is 5.82 Å². The molecule has 0 saturated carbocycles. The van der Waals surface area contributed by atoms with Crippen molar-refractivity contribution in [1.29, 1.82) is 0 Å². The van der Waals surface area contributed by atoms with Crippen molar-refractivity contribution in [3.8, 4) is 0 Å². The molecule has 168 valence electrons. The van der Waals surface area contributed by atoms with Crippen LogP contribution in [-0.2, 0) is 17.9 Å². The monoisotopic (exact) mass is 461 g/mol. The average Bonchev–Trinajstić information content (AvgIpc) is 3.21. The maximum absolute atomic E-state index is 13.2. The van der Waals surface area contributed by atoms with Gasteiger partial charge in [-0.2, -0.15) is 0 Å². The lowest BCUT2D eigenvalue weighted by atomic mass is 10.2. The first-order chi connectivity index (χ1) is 16.1. The number of rotatable bonds is 9. The van der Waals surface area contributed by atoms with Gasteiger partial charge in [-0.1, -0.05) is 59.8 Å². The Balaban J connectivity index is 1.45. The fourth-order valence-corrected chi connectivity index (χ4v) is 3.95. The van der Waals surface area contributed by atoms with Crippen LogP contribution >= 0.6 is 11.8 Å². The van der Waals surface area contributed by atoms with Gasteiger partial charge >= 0.3 is 0 Å². The van der Waals surface area contributed by atoms with Crippen molar-refractivity contribution in [2.45, 2.75) is 25.2 Å². The highest BCUT2D eigenvalue weighted by Crippen LogP contribution is 2.20. The zero-order chi connectivity index (χ0) is 23.0. The predicted molar refractivity (Wildman–Crippen MR) is 130 cm³/mol. The van der Waals surface area contributed by atoms with Crippen LogP contribution < -0.4 is 10.6 Å². The first-order valence-corrected chi connectivity index (χ1v) is 11.5. The molecule has 6 nitrogen and oxygen atoms in total. The quantitative estimate of drug-likeness (QED) is 0.339. The van der Waals surface area contributed by atoms with Crippen molar-refractivity contribution < 1.29 is 9.18 Å². The molecule has 0 unspecified atom stereocenters. The molecule has 2 N–H and O–H groups in total. The summed E-state index contributed by atoms with van der Waals surface area (Å²) < 4.78 is 15.2. The zero-order valence-electron chi connectivity index (χ0n) is 18.2. The third-order valence-corrected chi connectivity index (χ3v) is 5.91. The first-order valence-electron chi connectivity index (χ1n) is 10.5. The Morgan fingerprint density at radius 3 is 2.36 bits per heavy atom. The standard InChI is InChI=1S/C25H24FN5OS/c1-18-7-11-22(12-8-18)28-24(32)17-33-25-30-29-23(15-27-21-13-9-20(26)10-14-21)31(25)16-19-5-3-2-4-6-19/h2-14,27H,15-17H2,1H3,(H,28,32). The lowest BCUT2D eigenvalue weighted by Gasteiger charge is -2.12. The van der Waals surface area contributed by atoms with Crippen LogP contribution in [0.4, 0.5) is 15.8 Å². The van der Waals surface area contributed by atoms with Gasteiger partial charge in [0.2, 0.25) is 5.91 Å². The number of amides is 1. The van der Waals surface area contributed by atoms with E-state index in [1.165, 1.54) is 23.9 Å². The molecule has 3 aromatic carbocycles. The highest BCUT2D eigenvalue weighted by molar-refractivity contribution is 7.99. The summed E-state index contributed by atoms with van der Waals surface area (Å²) in [7, 11) is 0. The number of aryl methyl sites for hydroxylation is 1. The van der Waals surface area contributed by atoms with E-state index in [0.29, 0.717) is 18.2 Å². The second-order valence-electron chi connectivity index (χ2n) is 7.53. The van der Waals surface area contributed by atoms with E-state index in [-0.39, 0.29) is 17.5 Å². The third-order valence-electron chi connectivity index (χ3n) is 4.94. The van der Waals surface area contributed by atoms with Gasteiger partial charge in [0, 0.05) is 11.4 Å². The van der Waals surface area contributed by atoms with Gasteiger partial charge < -0.3 is 15.2 Å². The summed E-state index contributed by atoms with van der Waals surface area (Å²) in [4.78, 5) is 12.5. The summed E-state index contributed by atoms with van der Waals surface area (Å²) in [6.07, 6.45) is 0. The third kappa shape index (κ3) is 6.43. The Hall–Kier alpha value is -3.65. The number of thioether (sulfide) groups is 1. The van der Waals surface area contributed by atoms with E-state index in [0.717, 1.165) is 28.3 Å². The molecule has 1 amide bonds. The predicted octanol–water partition coefficient (Wildman–Crippen LogP) is 5.12. The second-order valence-corrected chi connectivity index (χ2v) is 8.48. The summed E-state index contributed by atoms with van der Waals surface area (Å²) in [6.45, 7) is 3.00. The number of hydrogen-bond donors (Lipinski definition) is 2. The van der Waals surface area contributed by atoms with Crippen molar-refractivity contribution in [1.82, 2.24) is 14.8 Å². The Labute approximate surface area is 196 Å². The fourth-order valence-electron chi connectivity index (χ4n) is 3.19. The van der Waals surface area contributed by atoms with E-state index in [4.69, 9.17) is 0 Å². The minimum absolute atomic E-state index is 0.107. The second kappa shape index (κ2) is 10.8. The van der Waals surface area contributed by atoms with E-state index in [2.05, 4.69) is 20.8 Å². The summed E-state index contributed by atoms with van der Waals surface area (Å²) in [5.74, 6) is 0.552. The first kappa shape index (κ1) is 22.5. The number of hydrogen-bond acceptors (Lipinski definition) is 5. The number of benzene rings is 3. The molecule has 0 aliphatic rings. The highest BCUT2D eigenvalue weighted by atomic mass is 32.2. The zero-order valence-corrected chi connectivity index (χ0v) is 19.0. The summed E-state index contributed by atoms with van der Waals surface area (Å²) in [5.41, 5.74) is 3.79. The minimum atomic E-state index is -0.282. The average molecular weight is 462 g/mol. The molecule has 0 radical (unpaired) electrons. The minimum Gasteiger partial charge on any atom is -0.378 e. The van der Waals surface area contributed by atoms with Gasteiger partial charge in [0.15, 0.2) is 11.0 Å². The summed E-state index contributed by atoms with van der Waals surface area (Å²) >= 11 is 1.34. The van der Waals surface area contributed by atoms with Crippen LogP contribution in [0.3, 0.4) is 0 Å². The molecule has 4 aromatic rings. The van der Waals surface area contributed by atoms with E-state index in [1.54, 1.807) is 12.1 Å². The molecule has 0 saturated heterocycles. The van der Waals surface area contributed by atoms with E-state index in [9.17, 15) is 9.18 Å². The molecule has 1 aromatic heterocycles. The van der Waals surface area contributed by atoms with Crippen LogP contribution in [0.1, 0.15) is 17.0 Å². The van der Waals surface area contributed by atoms with Crippen LogP contribution in [0.25, 0.3) is 0 Å². The number of carbonyl (C=O) groups excluding carboxylic acids is 1. The van der Waals surface area contributed by atoms with Gasteiger partial charge in [-0.05, 0) is 48.9 Å². The molecule has 4 rings (SSSR count). The molecular formula is C25H24FN5OS. The van der Waals surface area contributed by atoms with Crippen LogP contribution in [0.5, 0.6) is 0 Å². The lowest BCUT2D eigenvalue weighted by Crippen LogP contribution is -2.15. The maximum Gasteiger partial charge on any atom is 0.234 e. The van der Waals surface area contributed by atoms with Crippen molar-refractivity contribution >= 4 is 29.0 Å². The SMILES string of the molecule is Cc1ccc(NC(=O)CSc2nnc(CNc3ccc(F)cc3)n2Cc2ccccc2)cc1.